The van der Waals surface area contributed by atoms with E-state index in [-0.39, 0.29) is 388 Å². The average Bonchev–Trinajstić information content (AvgIpc) is 1.94. The zero-order chi connectivity index (χ0) is 27.0. The first-order valence-electron chi connectivity index (χ1n) is 4.38. The average molecular weight is 1000 g/mol. The molecule has 0 aromatic rings. The van der Waals surface area contributed by atoms with Crippen LogP contribution in [0.5, 0.6) is 0 Å². The Morgan fingerprint density at radius 1 is 0.190 bits per heavy atom. The van der Waals surface area contributed by atoms with Gasteiger partial charge in [-0.05, 0) is 0 Å². The van der Waals surface area contributed by atoms with Crippen LogP contribution in [0.4, 0.5) is 0 Å². The van der Waals surface area contributed by atoms with E-state index in [1.165, 1.54) is 0 Å². The molecule has 26 nitrogen and oxygen atoms in total. The Labute approximate surface area is 535 Å². The molecule has 0 radical (unpaired) electrons. The molecule has 0 aliphatic rings. The molecule has 0 fully saturated rings. The monoisotopic (exact) mass is 1000 g/mol. The summed E-state index contributed by atoms with van der Waals surface area (Å²) in [7, 11) is -32.3. The van der Waals surface area contributed by atoms with Crippen LogP contribution in [0.2, 0.25) is 0 Å². The summed E-state index contributed by atoms with van der Waals surface area (Å²) in [6.45, 7) is 0. The number of hydrogen-bond donors (Lipinski definition) is 0. The molecule has 0 aromatic carbocycles. The minimum atomic E-state index is -5.39. The second kappa shape index (κ2) is 63.3. The van der Waals surface area contributed by atoms with Crippen LogP contribution in [0.25, 0.3) is 0 Å². The predicted octanol–water partition coefficient (Wildman–Crippen LogP) is -21.1. The molecule has 0 atom stereocenters. The molecule has 2 N–H and O–H groups in total. The Morgan fingerprint density at radius 3 is 0.190 bits per heavy atom. The van der Waals surface area contributed by atoms with Gasteiger partial charge < -0.3 is 126 Å². The summed E-state index contributed by atoms with van der Waals surface area (Å²) < 4.78 is 51.3. The van der Waals surface area contributed by atoms with Crippen molar-refractivity contribution in [2.75, 3.05) is 0 Å². The second-order valence-corrected chi connectivity index (χ2v) is 8.05. The van der Waals surface area contributed by atoms with Crippen LogP contribution in [0, 0.1) is 0 Å². The predicted molar refractivity (Wildman–Crippen MR) is 107 cm³/mol. The summed E-state index contributed by atoms with van der Waals surface area (Å²) in [4.78, 5) is 154. The Bertz CT molecular complexity index is 488. The third-order valence-corrected chi connectivity index (χ3v) is 0. The first-order valence-corrected chi connectivity index (χ1v) is 13.1. The fourth-order valence-electron chi connectivity index (χ4n) is 0. The Balaban J connectivity index is -0.00000000973. The summed E-state index contributed by atoms with van der Waals surface area (Å²) in [5.74, 6) is 0. The smallest absolute Gasteiger partial charge is 0.870 e. The molecule has 0 unspecified atom stereocenters. The third-order valence-electron chi connectivity index (χ3n) is 0. The van der Waals surface area contributed by atoms with Gasteiger partial charge in [-0.3, -0.25) is 0 Å². The van der Waals surface area contributed by atoms with Crippen LogP contribution < -0.4 is 88.1 Å². The van der Waals surface area contributed by atoms with Gasteiger partial charge >= 0.3 is 377 Å². The molecule has 0 spiro atoms. The van der Waals surface area contributed by atoms with E-state index in [0.717, 1.165) is 0 Å². The molecular weight excluding hydrogens is 1000 g/mol. The first-order chi connectivity index (χ1) is 12.0. The molecule has 0 rings (SSSR count). The van der Waals surface area contributed by atoms with Gasteiger partial charge in [0, 0.05) is 0 Å². The van der Waals surface area contributed by atoms with Crippen LogP contribution in [0.1, 0.15) is 0 Å². The standard InChI is InChI=1S/10Ca.6H3O4P.2H2O/c;;;;;;;;;;6*1-5(2,3)4;;/h;;;;;;;;;;6*(H3,1,2,3,4);2*1H2/q10*+2;;;;;;;;/p-20. The summed E-state index contributed by atoms with van der Waals surface area (Å²) in [5.41, 5.74) is 0. The second-order valence-electron chi connectivity index (χ2n) is 2.68. The van der Waals surface area contributed by atoms with E-state index in [4.69, 9.17) is 115 Å². The van der Waals surface area contributed by atoms with Crippen LogP contribution in [-0.2, 0) is 27.4 Å². The van der Waals surface area contributed by atoms with E-state index in [9.17, 15) is 0 Å². The van der Waals surface area contributed by atoms with E-state index in [0.29, 0.717) is 0 Å². The SMILES string of the molecule is O=P([O-])([O-])[O-].O=P([O-])([O-])[O-].O=P([O-])([O-])[O-].O=P([O-])([O-])[O-].O=P([O-])([O-])[O-].O=P([O-])([O-])[O-].[Ca+2].[Ca+2].[Ca+2].[Ca+2].[Ca+2].[Ca+2].[Ca+2].[Ca+2].[Ca+2].[Ca+2].[OH-].[OH-]. The van der Waals surface area contributed by atoms with Crippen molar-refractivity contribution >= 4 is 424 Å². The maximum absolute atomic E-state index is 8.55. The molecule has 42 heteroatoms. The van der Waals surface area contributed by atoms with Gasteiger partial charge in [0.25, 0.3) is 0 Å². The first kappa shape index (κ1) is 117. The van der Waals surface area contributed by atoms with E-state index in [2.05, 4.69) is 0 Å². The van der Waals surface area contributed by atoms with Crippen LogP contribution >= 0.6 is 46.9 Å². The van der Waals surface area contributed by atoms with Gasteiger partial charge in [-0.1, -0.05) is 0 Å². The molecule has 0 amide bonds. The zero-order valence-corrected chi connectivity index (χ0v) is 47.9. The van der Waals surface area contributed by atoms with Gasteiger partial charge in [0.1, 0.15) is 0 Å². The molecule has 0 saturated carbocycles. The summed E-state index contributed by atoms with van der Waals surface area (Å²) in [6.07, 6.45) is 0. The van der Waals surface area contributed by atoms with Gasteiger partial charge in [-0.15, -0.1) is 0 Å². The molecule has 0 aliphatic carbocycles. The minimum absolute atomic E-state index is 0. The van der Waals surface area contributed by atoms with E-state index < -0.39 is 46.9 Å². The summed E-state index contributed by atoms with van der Waals surface area (Å²) in [6, 6.07) is 0. The van der Waals surface area contributed by atoms with Crippen LogP contribution in [0.3, 0.4) is 0 Å². The topological polar surface area (TPSA) is 578 Å². The van der Waals surface area contributed by atoms with Crippen molar-refractivity contribution < 1.29 is 126 Å². The number of hydrogen-bond acceptors (Lipinski definition) is 26. The van der Waals surface area contributed by atoms with Crippen molar-refractivity contribution in [1.29, 1.82) is 0 Å². The van der Waals surface area contributed by atoms with Crippen molar-refractivity contribution in [1.82, 2.24) is 0 Å². The maximum Gasteiger partial charge on any atom is 2.00 e. The molecule has 208 valence electrons. The molecule has 0 bridgehead atoms. The quantitative estimate of drug-likeness (QED) is 0.161. The minimum Gasteiger partial charge on any atom is -0.870 e. The van der Waals surface area contributed by atoms with E-state index >= 15 is 0 Å². The summed E-state index contributed by atoms with van der Waals surface area (Å²) in [5, 5.41) is 0. The van der Waals surface area contributed by atoms with Crippen molar-refractivity contribution in [2.24, 2.45) is 0 Å². The van der Waals surface area contributed by atoms with Gasteiger partial charge in [0.15, 0.2) is 0 Å². The molecule has 0 heterocycles. The maximum atomic E-state index is 8.55. The molecule has 42 heavy (non-hydrogen) atoms. The van der Waals surface area contributed by atoms with Crippen LogP contribution in [-0.4, -0.2) is 388 Å². The van der Waals surface area contributed by atoms with Crippen molar-refractivity contribution in [3.63, 3.8) is 0 Å². The molecule has 0 saturated heterocycles. The van der Waals surface area contributed by atoms with Gasteiger partial charge in [-0.2, -0.15) is 46.9 Å². The van der Waals surface area contributed by atoms with Gasteiger partial charge in [0.05, 0.1) is 0 Å². The van der Waals surface area contributed by atoms with Crippen molar-refractivity contribution in [2.45, 2.75) is 0 Å². The fraction of sp³-hybridized carbons (Fsp3) is 0. The zero-order valence-electron chi connectivity index (χ0n) is 20.4. The van der Waals surface area contributed by atoms with Gasteiger partial charge in [-0.25, -0.2) is 0 Å². The Morgan fingerprint density at radius 2 is 0.190 bits per heavy atom. The fourth-order valence-corrected chi connectivity index (χ4v) is 0. The third kappa shape index (κ3) is 834. The van der Waals surface area contributed by atoms with E-state index in [1.54, 1.807) is 0 Å². The molecule has 0 aliphatic heterocycles. The number of rotatable bonds is 0. The van der Waals surface area contributed by atoms with E-state index in [1.807, 2.05) is 0 Å². The Kier molecular flexibility index (Phi) is 177. The summed E-state index contributed by atoms with van der Waals surface area (Å²) >= 11 is 0. The molecule has 0 aromatic heterocycles. The van der Waals surface area contributed by atoms with Crippen molar-refractivity contribution in [3.05, 3.63) is 0 Å². The largest absolute Gasteiger partial charge is 2.00 e. The normalized spacial score (nSPS) is 8.43. The van der Waals surface area contributed by atoms with Crippen molar-refractivity contribution in [3.8, 4) is 0 Å². The Hall–Kier alpha value is 13.2. The number of phosphoric acid groups is 6. The van der Waals surface area contributed by atoms with Crippen LogP contribution in [0.15, 0.2) is 0 Å². The molecular formula is H2Ca10O26P6. The van der Waals surface area contributed by atoms with Gasteiger partial charge in [0.2, 0.25) is 0 Å².